The van der Waals surface area contributed by atoms with Gasteiger partial charge < -0.3 is 10.0 Å². The molecular weight excluding hydrogens is 230 g/mol. The van der Waals surface area contributed by atoms with E-state index in [1.54, 1.807) is 18.2 Å². The van der Waals surface area contributed by atoms with Gasteiger partial charge in [0.15, 0.2) is 0 Å². The van der Waals surface area contributed by atoms with Crippen molar-refractivity contribution < 1.29 is 9.90 Å². The van der Waals surface area contributed by atoms with E-state index >= 15 is 0 Å². The Labute approximate surface area is 105 Å². The summed E-state index contributed by atoms with van der Waals surface area (Å²) in [6.45, 7) is 3.00. The Bertz CT molecular complexity index is 583. The minimum Gasteiger partial charge on any atom is -0.478 e. The van der Waals surface area contributed by atoms with E-state index in [9.17, 15) is 4.79 Å². The van der Waals surface area contributed by atoms with Gasteiger partial charge in [0.1, 0.15) is 12.1 Å². The Morgan fingerprint density at radius 2 is 2.17 bits per heavy atom. The third-order valence-electron chi connectivity index (χ3n) is 2.78. The lowest BCUT2D eigenvalue weighted by Gasteiger charge is -2.18. The van der Waals surface area contributed by atoms with E-state index in [0.29, 0.717) is 5.52 Å². The van der Waals surface area contributed by atoms with Crippen LogP contribution >= 0.6 is 0 Å². The molecule has 0 radical (unpaired) electrons. The van der Waals surface area contributed by atoms with Crippen molar-refractivity contribution in [2.45, 2.75) is 13.3 Å². The van der Waals surface area contributed by atoms with Gasteiger partial charge in [0, 0.05) is 19.0 Å². The number of carbonyl (C=O) groups is 1. The molecule has 0 amide bonds. The van der Waals surface area contributed by atoms with Crippen LogP contribution in [-0.2, 0) is 0 Å². The summed E-state index contributed by atoms with van der Waals surface area (Å²) in [5.41, 5.74) is 0.896. The fraction of sp³-hybridized carbons (Fsp3) is 0.308. The van der Waals surface area contributed by atoms with Crippen LogP contribution in [0, 0.1) is 0 Å². The fourth-order valence-electron chi connectivity index (χ4n) is 1.92. The Kier molecular flexibility index (Phi) is 3.41. The number of carboxylic acid groups (broad SMARTS) is 1. The number of carboxylic acids is 1. The molecule has 1 aromatic carbocycles. The second kappa shape index (κ2) is 5.00. The topological polar surface area (TPSA) is 66.3 Å². The van der Waals surface area contributed by atoms with Gasteiger partial charge >= 0.3 is 5.97 Å². The van der Waals surface area contributed by atoms with Gasteiger partial charge in [-0.25, -0.2) is 14.8 Å². The largest absolute Gasteiger partial charge is 0.478 e. The summed E-state index contributed by atoms with van der Waals surface area (Å²) in [4.78, 5) is 21.4. The van der Waals surface area contributed by atoms with E-state index < -0.39 is 5.97 Å². The van der Waals surface area contributed by atoms with Crippen LogP contribution in [-0.4, -0.2) is 34.6 Å². The predicted molar refractivity (Wildman–Crippen MR) is 70.1 cm³/mol. The van der Waals surface area contributed by atoms with Crippen LogP contribution in [0.1, 0.15) is 23.7 Å². The normalized spacial score (nSPS) is 10.6. The molecule has 2 aromatic rings. The van der Waals surface area contributed by atoms with E-state index in [-0.39, 0.29) is 5.56 Å². The molecule has 0 atom stereocenters. The van der Waals surface area contributed by atoms with Gasteiger partial charge in [-0.15, -0.1) is 0 Å². The third kappa shape index (κ3) is 2.25. The zero-order chi connectivity index (χ0) is 13.1. The third-order valence-corrected chi connectivity index (χ3v) is 2.78. The number of benzene rings is 1. The summed E-state index contributed by atoms with van der Waals surface area (Å²) in [5.74, 6) is -0.113. The van der Waals surface area contributed by atoms with Crippen LogP contribution in [0.3, 0.4) is 0 Å². The highest BCUT2D eigenvalue weighted by Gasteiger charge is 2.10. The Morgan fingerprint density at radius 1 is 1.39 bits per heavy atom. The maximum atomic E-state index is 10.9. The molecule has 0 aliphatic heterocycles. The molecular formula is C13H15N3O2. The van der Waals surface area contributed by atoms with E-state index in [0.717, 1.165) is 24.2 Å². The number of aromatic nitrogens is 2. The van der Waals surface area contributed by atoms with Crippen molar-refractivity contribution in [1.82, 2.24) is 9.97 Å². The summed E-state index contributed by atoms with van der Waals surface area (Å²) in [6, 6.07) is 4.92. The zero-order valence-corrected chi connectivity index (χ0v) is 10.4. The number of anilines is 1. The second-order valence-corrected chi connectivity index (χ2v) is 4.16. The molecule has 94 valence electrons. The number of hydrogen-bond acceptors (Lipinski definition) is 4. The Balaban J connectivity index is 2.53. The molecule has 0 bridgehead atoms. The maximum Gasteiger partial charge on any atom is 0.335 e. The van der Waals surface area contributed by atoms with Gasteiger partial charge in [0.25, 0.3) is 0 Å². The first-order valence-electron chi connectivity index (χ1n) is 5.82. The lowest BCUT2D eigenvalue weighted by molar-refractivity contribution is 0.0697. The van der Waals surface area contributed by atoms with E-state index in [2.05, 4.69) is 16.9 Å². The lowest BCUT2D eigenvalue weighted by Crippen LogP contribution is -2.19. The number of hydrogen-bond donors (Lipinski definition) is 1. The van der Waals surface area contributed by atoms with Crippen molar-refractivity contribution in [2.75, 3.05) is 18.5 Å². The van der Waals surface area contributed by atoms with Crippen molar-refractivity contribution >= 4 is 22.7 Å². The van der Waals surface area contributed by atoms with E-state index in [1.807, 2.05) is 11.9 Å². The molecule has 18 heavy (non-hydrogen) atoms. The molecule has 1 heterocycles. The van der Waals surface area contributed by atoms with Crippen LogP contribution in [0.25, 0.3) is 10.9 Å². The minimum atomic E-state index is -0.945. The first-order valence-corrected chi connectivity index (χ1v) is 5.82. The van der Waals surface area contributed by atoms with Crippen molar-refractivity contribution in [1.29, 1.82) is 0 Å². The van der Waals surface area contributed by atoms with E-state index in [1.165, 1.54) is 6.33 Å². The summed E-state index contributed by atoms with van der Waals surface area (Å²) < 4.78 is 0. The second-order valence-electron chi connectivity index (χ2n) is 4.16. The predicted octanol–water partition coefficient (Wildman–Crippen LogP) is 2.17. The Hall–Kier alpha value is -2.17. The van der Waals surface area contributed by atoms with Gasteiger partial charge in [0.05, 0.1) is 11.1 Å². The highest BCUT2D eigenvalue weighted by atomic mass is 16.4. The molecule has 1 aromatic heterocycles. The first-order chi connectivity index (χ1) is 8.63. The molecule has 5 nitrogen and oxygen atoms in total. The van der Waals surface area contributed by atoms with Crippen LogP contribution < -0.4 is 4.90 Å². The number of rotatable bonds is 4. The maximum absolute atomic E-state index is 10.9. The molecule has 0 spiro atoms. The Morgan fingerprint density at radius 3 is 2.83 bits per heavy atom. The molecule has 0 unspecified atom stereocenters. The molecule has 2 rings (SSSR count). The summed E-state index contributed by atoms with van der Waals surface area (Å²) in [5, 5.41) is 9.83. The van der Waals surface area contributed by atoms with Gasteiger partial charge in [-0.3, -0.25) is 0 Å². The SMILES string of the molecule is CCCN(C)c1ncnc2cc(C(=O)O)ccc12. The van der Waals surface area contributed by atoms with Gasteiger partial charge in [-0.05, 0) is 24.6 Å². The highest BCUT2D eigenvalue weighted by Crippen LogP contribution is 2.23. The molecule has 1 N–H and O–H groups in total. The van der Waals surface area contributed by atoms with Crippen LogP contribution in [0.15, 0.2) is 24.5 Å². The molecule has 0 aliphatic carbocycles. The molecule has 0 saturated heterocycles. The van der Waals surface area contributed by atoms with Gasteiger partial charge in [0.2, 0.25) is 0 Å². The van der Waals surface area contributed by atoms with Gasteiger partial charge in [-0.1, -0.05) is 6.92 Å². The van der Waals surface area contributed by atoms with Crippen LogP contribution in [0.5, 0.6) is 0 Å². The molecule has 5 heteroatoms. The van der Waals surface area contributed by atoms with Crippen molar-refractivity contribution in [3.8, 4) is 0 Å². The highest BCUT2D eigenvalue weighted by molar-refractivity contribution is 5.96. The average Bonchev–Trinajstić information content (AvgIpc) is 2.37. The number of aromatic carboxylic acids is 1. The lowest BCUT2D eigenvalue weighted by atomic mass is 10.1. The molecule has 0 saturated carbocycles. The smallest absolute Gasteiger partial charge is 0.335 e. The fourth-order valence-corrected chi connectivity index (χ4v) is 1.92. The average molecular weight is 245 g/mol. The minimum absolute atomic E-state index is 0.241. The first kappa shape index (κ1) is 12.3. The van der Waals surface area contributed by atoms with Crippen molar-refractivity contribution in [3.05, 3.63) is 30.1 Å². The van der Waals surface area contributed by atoms with Crippen molar-refractivity contribution in [2.24, 2.45) is 0 Å². The van der Waals surface area contributed by atoms with Crippen LogP contribution in [0.4, 0.5) is 5.82 Å². The monoisotopic (exact) mass is 245 g/mol. The summed E-state index contributed by atoms with van der Waals surface area (Å²) >= 11 is 0. The molecule has 0 fully saturated rings. The summed E-state index contributed by atoms with van der Waals surface area (Å²) in [7, 11) is 1.97. The number of fused-ring (bicyclic) bond motifs is 1. The summed E-state index contributed by atoms with van der Waals surface area (Å²) in [6.07, 6.45) is 2.49. The van der Waals surface area contributed by atoms with Crippen LogP contribution in [0.2, 0.25) is 0 Å². The zero-order valence-electron chi connectivity index (χ0n) is 10.4. The molecule has 0 aliphatic rings. The quantitative estimate of drug-likeness (QED) is 0.894. The standard InChI is InChI=1S/C13H15N3O2/c1-3-6-16(2)12-10-5-4-9(13(17)18)7-11(10)14-8-15-12/h4-5,7-8H,3,6H2,1-2H3,(H,17,18). The van der Waals surface area contributed by atoms with Crippen molar-refractivity contribution in [3.63, 3.8) is 0 Å². The number of nitrogens with zero attached hydrogens (tertiary/aromatic N) is 3. The van der Waals surface area contributed by atoms with Gasteiger partial charge in [-0.2, -0.15) is 0 Å². The van der Waals surface area contributed by atoms with E-state index in [4.69, 9.17) is 5.11 Å².